The monoisotopic (exact) mass is 209 g/mol. The molecule has 0 aliphatic carbocycles. The summed E-state index contributed by atoms with van der Waals surface area (Å²) in [6.45, 7) is 1.45. The van der Waals surface area contributed by atoms with E-state index < -0.39 is 10.9 Å². The van der Waals surface area contributed by atoms with Crippen LogP contribution in [0, 0.1) is 17.0 Å². The van der Waals surface area contributed by atoms with Crippen molar-refractivity contribution in [2.45, 2.75) is 6.92 Å². The zero-order chi connectivity index (χ0) is 11.6. The first-order valence-electron chi connectivity index (χ1n) is 3.95. The van der Waals surface area contributed by atoms with E-state index in [1.807, 2.05) is 0 Å². The van der Waals surface area contributed by atoms with Gasteiger partial charge < -0.3 is 5.11 Å². The van der Waals surface area contributed by atoms with Gasteiger partial charge in [-0.25, -0.2) is 4.79 Å². The smallest absolute Gasteiger partial charge is 0.336 e. The Morgan fingerprint density at radius 1 is 1.53 bits per heavy atom. The van der Waals surface area contributed by atoms with Crippen LogP contribution in [0.1, 0.15) is 26.3 Å². The minimum Gasteiger partial charge on any atom is -0.478 e. The molecule has 1 N–H and O–H groups in total. The van der Waals surface area contributed by atoms with E-state index >= 15 is 0 Å². The molecule has 0 aliphatic rings. The lowest BCUT2D eigenvalue weighted by Crippen LogP contribution is -2.05. The van der Waals surface area contributed by atoms with Crippen LogP contribution in [0.5, 0.6) is 0 Å². The van der Waals surface area contributed by atoms with E-state index in [4.69, 9.17) is 5.11 Å². The molecule has 6 heteroatoms. The fourth-order valence-corrected chi connectivity index (χ4v) is 1.22. The first-order chi connectivity index (χ1) is 6.97. The van der Waals surface area contributed by atoms with E-state index in [1.54, 1.807) is 0 Å². The van der Waals surface area contributed by atoms with Crippen LogP contribution in [0.2, 0.25) is 0 Å². The van der Waals surface area contributed by atoms with Gasteiger partial charge in [-0.3, -0.25) is 14.9 Å². The van der Waals surface area contributed by atoms with Gasteiger partial charge in [0, 0.05) is 17.7 Å². The molecule has 78 valence electrons. The number of rotatable bonds is 3. The quantitative estimate of drug-likeness (QED) is 0.461. The summed E-state index contributed by atoms with van der Waals surface area (Å²) < 4.78 is 0. The average molecular weight is 209 g/mol. The molecule has 0 bridgehead atoms. The lowest BCUT2D eigenvalue weighted by Gasteiger charge is -2.03. The van der Waals surface area contributed by atoms with Crippen molar-refractivity contribution in [3.8, 4) is 0 Å². The van der Waals surface area contributed by atoms with Gasteiger partial charge in [-0.15, -0.1) is 0 Å². The minimum atomic E-state index is -1.36. The highest BCUT2D eigenvalue weighted by atomic mass is 16.6. The van der Waals surface area contributed by atoms with Crippen LogP contribution in [0.4, 0.5) is 5.69 Å². The summed E-state index contributed by atoms with van der Waals surface area (Å²) in [5.74, 6) is -1.36. The maximum atomic E-state index is 10.7. The van der Waals surface area contributed by atoms with E-state index in [-0.39, 0.29) is 22.4 Å². The summed E-state index contributed by atoms with van der Waals surface area (Å²) >= 11 is 0. The molecule has 0 saturated heterocycles. The summed E-state index contributed by atoms with van der Waals surface area (Å²) in [5, 5.41) is 19.2. The van der Waals surface area contributed by atoms with Gasteiger partial charge in [-0.1, -0.05) is 0 Å². The summed E-state index contributed by atoms with van der Waals surface area (Å²) in [6.07, 6.45) is 0.377. The Hall–Kier alpha value is -2.24. The topological polar surface area (TPSA) is 97.5 Å². The number of nitro benzene ring substituents is 1. The van der Waals surface area contributed by atoms with Crippen molar-refractivity contribution in [2.75, 3.05) is 0 Å². The van der Waals surface area contributed by atoms with Crippen LogP contribution < -0.4 is 0 Å². The molecule has 1 aromatic carbocycles. The number of carbonyl (C=O) groups is 2. The molecule has 0 atom stereocenters. The number of non-ortho nitro benzene ring substituents is 1. The Labute approximate surface area is 84.3 Å². The van der Waals surface area contributed by atoms with E-state index in [0.29, 0.717) is 6.29 Å². The number of aryl methyl sites for hydroxylation is 1. The molecule has 0 aliphatic heterocycles. The Morgan fingerprint density at radius 3 is 2.53 bits per heavy atom. The van der Waals surface area contributed by atoms with Gasteiger partial charge in [0.1, 0.15) is 0 Å². The van der Waals surface area contributed by atoms with Gasteiger partial charge >= 0.3 is 5.97 Å². The highest BCUT2D eigenvalue weighted by Gasteiger charge is 2.18. The van der Waals surface area contributed by atoms with Crippen LogP contribution in [0.3, 0.4) is 0 Å². The van der Waals surface area contributed by atoms with E-state index in [9.17, 15) is 19.7 Å². The number of hydrogen-bond donors (Lipinski definition) is 1. The Morgan fingerprint density at radius 2 is 2.13 bits per heavy atom. The van der Waals surface area contributed by atoms with Crippen molar-refractivity contribution in [3.05, 3.63) is 38.9 Å². The molecule has 0 radical (unpaired) electrons. The van der Waals surface area contributed by atoms with Gasteiger partial charge in [-0.2, -0.15) is 0 Å². The van der Waals surface area contributed by atoms with Crippen LogP contribution in [0.25, 0.3) is 0 Å². The fraction of sp³-hybridized carbons (Fsp3) is 0.111. The van der Waals surface area contributed by atoms with Crippen molar-refractivity contribution in [1.29, 1.82) is 0 Å². The molecule has 6 nitrogen and oxygen atoms in total. The number of hydrogen-bond acceptors (Lipinski definition) is 4. The first kappa shape index (κ1) is 10.8. The molecular formula is C9H7NO5. The Balaban J connectivity index is 3.52. The number of nitro groups is 1. The normalized spacial score (nSPS) is 9.67. The lowest BCUT2D eigenvalue weighted by molar-refractivity contribution is -0.384. The van der Waals surface area contributed by atoms with Gasteiger partial charge in [0.2, 0.25) is 0 Å². The van der Waals surface area contributed by atoms with Crippen molar-refractivity contribution in [1.82, 2.24) is 0 Å². The second-order valence-electron chi connectivity index (χ2n) is 2.90. The first-order valence-corrected chi connectivity index (χ1v) is 3.95. The van der Waals surface area contributed by atoms with E-state index in [0.717, 1.165) is 12.1 Å². The van der Waals surface area contributed by atoms with Crippen molar-refractivity contribution < 1.29 is 19.6 Å². The number of carboxylic acids is 1. The number of aldehydes is 1. The van der Waals surface area contributed by atoms with Crippen molar-refractivity contribution >= 4 is 17.9 Å². The third-order valence-electron chi connectivity index (χ3n) is 1.93. The molecule has 0 fully saturated rings. The predicted molar refractivity (Wildman–Crippen MR) is 50.2 cm³/mol. The van der Waals surface area contributed by atoms with Crippen molar-refractivity contribution in [2.24, 2.45) is 0 Å². The third-order valence-corrected chi connectivity index (χ3v) is 1.93. The fourth-order valence-electron chi connectivity index (χ4n) is 1.22. The molecule has 0 spiro atoms. The molecule has 0 aromatic heterocycles. The largest absolute Gasteiger partial charge is 0.478 e. The van der Waals surface area contributed by atoms with Crippen molar-refractivity contribution in [3.63, 3.8) is 0 Å². The maximum absolute atomic E-state index is 10.7. The molecule has 1 rings (SSSR count). The van der Waals surface area contributed by atoms with Gasteiger partial charge in [-0.05, 0) is 12.5 Å². The zero-order valence-corrected chi connectivity index (χ0v) is 7.76. The van der Waals surface area contributed by atoms with E-state index in [2.05, 4.69) is 0 Å². The van der Waals surface area contributed by atoms with E-state index in [1.165, 1.54) is 6.92 Å². The number of aromatic carboxylic acids is 1. The molecule has 0 saturated carbocycles. The zero-order valence-electron chi connectivity index (χ0n) is 7.76. The van der Waals surface area contributed by atoms with Gasteiger partial charge in [0.05, 0.1) is 10.5 Å². The number of benzene rings is 1. The average Bonchev–Trinajstić information content (AvgIpc) is 2.16. The Bertz CT molecular complexity index is 452. The number of carbonyl (C=O) groups excluding carboxylic acids is 1. The minimum absolute atomic E-state index is 0.0342. The molecule has 1 aromatic rings. The highest BCUT2D eigenvalue weighted by molar-refractivity contribution is 5.98. The summed E-state index contributed by atoms with van der Waals surface area (Å²) in [4.78, 5) is 31.1. The summed E-state index contributed by atoms with van der Waals surface area (Å²) in [5.41, 5.74) is -0.447. The second kappa shape index (κ2) is 3.87. The van der Waals surface area contributed by atoms with Crippen LogP contribution in [0.15, 0.2) is 12.1 Å². The lowest BCUT2D eigenvalue weighted by atomic mass is 10.0. The van der Waals surface area contributed by atoms with Crippen LogP contribution in [-0.2, 0) is 0 Å². The molecule has 15 heavy (non-hydrogen) atoms. The molecule has 0 amide bonds. The summed E-state index contributed by atoms with van der Waals surface area (Å²) in [6, 6.07) is 2.04. The van der Waals surface area contributed by atoms with Crippen LogP contribution in [-0.4, -0.2) is 22.3 Å². The SMILES string of the molecule is Cc1cc([N+](=O)[O-])cc(C(=O)O)c1C=O. The summed E-state index contributed by atoms with van der Waals surface area (Å²) in [7, 11) is 0. The standard InChI is InChI=1S/C9H7NO5/c1-5-2-6(10(14)15)3-7(9(12)13)8(5)4-11/h2-4H,1H3,(H,12,13). The predicted octanol–water partition coefficient (Wildman–Crippen LogP) is 1.41. The second-order valence-corrected chi connectivity index (χ2v) is 2.90. The van der Waals surface area contributed by atoms with Gasteiger partial charge in [0.15, 0.2) is 6.29 Å². The van der Waals surface area contributed by atoms with Gasteiger partial charge in [0.25, 0.3) is 5.69 Å². The third kappa shape index (κ3) is 1.98. The Kier molecular flexibility index (Phi) is 2.80. The number of nitrogens with zero attached hydrogens (tertiary/aromatic N) is 1. The molecular weight excluding hydrogens is 202 g/mol. The molecule has 0 heterocycles. The van der Waals surface area contributed by atoms with Crippen LogP contribution >= 0.6 is 0 Å². The molecule has 0 unspecified atom stereocenters. The highest BCUT2D eigenvalue weighted by Crippen LogP contribution is 2.20. The number of carboxylic acid groups (broad SMARTS) is 1. The maximum Gasteiger partial charge on any atom is 0.336 e.